The van der Waals surface area contributed by atoms with Crippen molar-refractivity contribution in [3.05, 3.63) is 29.8 Å². The summed E-state index contributed by atoms with van der Waals surface area (Å²) in [4.78, 5) is 72.9. The van der Waals surface area contributed by atoms with Crippen LogP contribution in [0.1, 0.15) is 78.7 Å². The maximum absolute atomic E-state index is 14.1. The van der Waals surface area contributed by atoms with Crippen LogP contribution in [0.2, 0.25) is 0 Å². The Morgan fingerprint density at radius 3 is 2.09 bits per heavy atom. The molecule has 1 aromatic carbocycles. The van der Waals surface area contributed by atoms with Gasteiger partial charge in [-0.2, -0.15) is 0 Å². The van der Waals surface area contributed by atoms with Gasteiger partial charge in [0.1, 0.15) is 11.8 Å². The topological polar surface area (TPSA) is 204 Å². The lowest BCUT2D eigenvalue weighted by atomic mass is 9.90. The molecule has 4 N–H and O–H groups in total. The Hall–Kier alpha value is -3.80. The van der Waals surface area contributed by atoms with Gasteiger partial charge in [-0.15, -0.1) is 0 Å². The van der Waals surface area contributed by atoms with Gasteiger partial charge in [-0.05, 0) is 69.3 Å². The van der Waals surface area contributed by atoms with Gasteiger partial charge in [0.25, 0.3) is 5.91 Å². The molecule has 0 spiro atoms. The average molecular weight is 823 g/mol. The van der Waals surface area contributed by atoms with E-state index in [2.05, 4.69) is 15.4 Å². The molecule has 57 heavy (non-hydrogen) atoms. The fourth-order valence-electron chi connectivity index (χ4n) is 7.90. The number of likely N-dealkylation sites (N-methyl/N-ethyl adjacent to an activating group) is 2. The number of nitrogens with one attached hydrogen (secondary N) is 3. The van der Waals surface area contributed by atoms with Crippen LogP contribution in [0.4, 0.5) is 0 Å². The summed E-state index contributed by atoms with van der Waals surface area (Å²) in [5.74, 6) is -3.11. The van der Waals surface area contributed by atoms with Crippen LogP contribution in [0.5, 0.6) is 5.75 Å². The Kier molecular flexibility index (Phi) is 17.8. The third-order valence-corrected chi connectivity index (χ3v) is 13.2. The molecule has 2 fully saturated rings. The van der Waals surface area contributed by atoms with Crippen molar-refractivity contribution in [2.24, 2.45) is 17.8 Å². The molecular formula is C40H66N6O10S. The van der Waals surface area contributed by atoms with Gasteiger partial charge < -0.3 is 35.0 Å². The van der Waals surface area contributed by atoms with Gasteiger partial charge in [-0.1, -0.05) is 53.2 Å². The SMILES string of the molecule is CCC(C)C(C(CC(=O)N1CCCC1C(OC)C(C)C(=O)NC(Cc1ccc(O)cc1)C(=O)NS(=O)(=O)C1CC1)OC)N(C)C(=O)CNC(=O)C(C(C)C)N(C)C. The van der Waals surface area contributed by atoms with Crippen LogP contribution >= 0.6 is 0 Å². The van der Waals surface area contributed by atoms with Crippen molar-refractivity contribution >= 4 is 39.6 Å². The first-order chi connectivity index (χ1) is 26.8. The molecule has 3 rings (SSSR count). The third-order valence-electron chi connectivity index (χ3n) is 11.4. The van der Waals surface area contributed by atoms with Gasteiger partial charge in [0, 0.05) is 34.2 Å². The Morgan fingerprint density at radius 2 is 1.56 bits per heavy atom. The fraction of sp³-hybridized carbons (Fsp3) is 0.725. The van der Waals surface area contributed by atoms with Crippen LogP contribution in [0.15, 0.2) is 24.3 Å². The Balaban J connectivity index is 1.75. The minimum atomic E-state index is -3.90. The summed E-state index contributed by atoms with van der Waals surface area (Å²) in [7, 11) is 4.35. The molecule has 1 aliphatic carbocycles. The van der Waals surface area contributed by atoms with Gasteiger partial charge in [-0.3, -0.25) is 33.6 Å². The summed E-state index contributed by atoms with van der Waals surface area (Å²) in [6, 6.07) is 3.39. The third kappa shape index (κ3) is 12.8. The van der Waals surface area contributed by atoms with Crippen LogP contribution < -0.4 is 15.4 Å². The van der Waals surface area contributed by atoms with Crippen molar-refractivity contribution in [3.8, 4) is 5.75 Å². The van der Waals surface area contributed by atoms with E-state index in [1.54, 1.807) is 35.9 Å². The normalized spacial score (nSPS) is 19.6. The lowest BCUT2D eigenvalue weighted by Gasteiger charge is -2.39. The van der Waals surface area contributed by atoms with Crippen LogP contribution in [0.3, 0.4) is 0 Å². The van der Waals surface area contributed by atoms with E-state index in [-0.39, 0.29) is 54.7 Å². The molecule has 8 atom stereocenters. The van der Waals surface area contributed by atoms with Crippen LogP contribution in [0, 0.1) is 17.8 Å². The van der Waals surface area contributed by atoms with Crippen LogP contribution in [-0.2, 0) is 49.9 Å². The summed E-state index contributed by atoms with van der Waals surface area (Å²) in [5.41, 5.74) is 0.588. The summed E-state index contributed by atoms with van der Waals surface area (Å²) in [6.07, 6.45) is 1.26. The monoisotopic (exact) mass is 822 g/mol. The molecule has 1 aliphatic heterocycles. The number of sulfonamides is 1. The van der Waals surface area contributed by atoms with Crippen molar-refractivity contribution in [2.45, 2.75) is 121 Å². The number of nitrogens with zero attached hydrogens (tertiary/aromatic N) is 3. The van der Waals surface area contributed by atoms with Crippen LogP contribution in [0.25, 0.3) is 0 Å². The number of carbonyl (C=O) groups excluding carboxylic acids is 5. The molecule has 1 saturated heterocycles. The van der Waals surface area contributed by atoms with E-state index in [0.29, 0.717) is 44.2 Å². The van der Waals surface area contributed by atoms with E-state index in [1.165, 1.54) is 26.4 Å². The number of likely N-dealkylation sites (tertiary alicyclic amines) is 1. The molecule has 1 heterocycles. The first-order valence-corrected chi connectivity index (χ1v) is 21.5. The fourth-order valence-corrected chi connectivity index (χ4v) is 9.25. The number of carbonyl (C=O) groups is 5. The Labute approximate surface area is 338 Å². The van der Waals surface area contributed by atoms with Crippen molar-refractivity contribution in [1.29, 1.82) is 0 Å². The number of amides is 5. The highest BCUT2D eigenvalue weighted by Crippen LogP contribution is 2.30. The molecule has 8 unspecified atom stereocenters. The van der Waals surface area contributed by atoms with E-state index in [4.69, 9.17) is 9.47 Å². The highest BCUT2D eigenvalue weighted by Gasteiger charge is 2.43. The predicted octanol–water partition coefficient (Wildman–Crippen LogP) is 1.65. The number of phenolic OH excluding ortho intramolecular Hbond substituents is 1. The summed E-state index contributed by atoms with van der Waals surface area (Å²) in [6.45, 7) is 9.71. The first-order valence-electron chi connectivity index (χ1n) is 20.0. The minimum Gasteiger partial charge on any atom is -0.508 e. The van der Waals surface area contributed by atoms with Crippen molar-refractivity contribution in [1.82, 2.24) is 30.1 Å². The lowest BCUT2D eigenvalue weighted by Crippen LogP contribution is -2.56. The summed E-state index contributed by atoms with van der Waals surface area (Å²) < 4.78 is 39.2. The number of hydrogen-bond donors (Lipinski definition) is 4. The van der Waals surface area contributed by atoms with Gasteiger partial charge in [0.05, 0.1) is 54.5 Å². The second-order valence-electron chi connectivity index (χ2n) is 16.2. The van der Waals surface area contributed by atoms with Crippen molar-refractivity contribution < 1.29 is 47.0 Å². The summed E-state index contributed by atoms with van der Waals surface area (Å²) in [5, 5.41) is 14.6. The van der Waals surface area contributed by atoms with E-state index in [9.17, 15) is 37.5 Å². The number of rotatable bonds is 22. The molecule has 0 aromatic heterocycles. The zero-order valence-corrected chi connectivity index (χ0v) is 36.1. The highest BCUT2D eigenvalue weighted by atomic mass is 32.2. The molecule has 16 nitrogen and oxygen atoms in total. The Bertz CT molecular complexity index is 1630. The number of benzene rings is 1. The predicted molar refractivity (Wildman–Crippen MR) is 215 cm³/mol. The molecule has 5 amide bonds. The molecule has 2 aliphatic rings. The number of hydrogen-bond acceptors (Lipinski definition) is 11. The largest absolute Gasteiger partial charge is 0.508 e. The van der Waals surface area contributed by atoms with Gasteiger partial charge in [0.15, 0.2) is 0 Å². The van der Waals surface area contributed by atoms with E-state index in [0.717, 1.165) is 0 Å². The number of aromatic hydroxyl groups is 1. The molecule has 1 saturated carbocycles. The van der Waals surface area contributed by atoms with E-state index >= 15 is 0 Å². The molecule has 322 valence electrons. The standard InChI is InChI=1S/C40H66N6O10S/c1-11-25(4)36(45(8)34(49)23-41-40(52)35(24(2)3)44(6)7)32(55-9)22-33(48)46-20-12-13-31(46)37(56-10)26(5)38(50)42-30(21-27-14-16-28(47)17-15-27)39(51)43-57(53,54)29-18-19-29/h14-17,24-26,29-32,35-37,47H,11-13,18-23H2,1-10H3,(H,41,52)(H,42,50)(H,43,51). The number of ether oxygens (including phenoxy) is 2. The second-order valence-corrected chi connectivity index (χ2v) is 18.1. The molecule has 17 heteroatoms. The molecule has 0 bridgehead atoms. The average Bonchev–Trinajstić information content (AvgIpc) is 3.92. The first kappa shape index (κ1) is 47.6. The van der Waals surface area contributed by atoms with Crippen molar-refractivity contribution in [2.75, 3.05) is 48.5 Å². The minimum absolute atomic E-state index is 0.0148. The summed E-state index contributed by atoms with van der Waals surface area (Å²) >= 11 is 0. The van der Waals surface area contributed by atoms with E-state index < -0.39 is 69.4 Å². The zero-order valence-electron chi connectivity index (χ0n) is 35.3. The molecule has 1 aromatic rings. The maximum Gasteiger partial charge on any atom is 0.256 e. The Morgan fingerprint density at radius 1 is 0.930 bits per heavy atom. The maximum atomic E-state index is 14.1. The van der Waals surface area contributed by atoms with Gasteiger partial charge in [0.2, 0.25) is 33.7 Å². The van der Waals surface area contributed by atoms with Crippen molar-refractivity contribution in [3.63, 3.8) is 0 Å². The molecular weight excluding hydrogens is 757 g/mol. The smallest absolute Gasteiger partial charge is 0.256 e. The molecule has 0 radical (unpaired) electrons. The van der Waals surface area contributed by atoms with Gasteiger partial charge in [-0.25, -0.2) is 8.42 Å². The van der Waals surface area contributed by atoms with Gasteiger partial charge >= 0.3 is 0 Å². The van der Waals surface area contributed by atoms with Crippen LogP contribution in [-0.4, -0.2) is 148 Å². The number of methoxy groups -OCH3 is 2. The zero-order chi connectivity index (χ0) is 42.8. The quantitative estimate of drug-likeness (QED) is 0.132. The second kappa shape index (κ2) is 21.3. The lowest BCUT2D eigenvalue weighted by molar-refractivity contribution is -0.146. The van der Waals surface area contributed by atoms with E-state index in [1.807, 2.05) is 46.7 Å². The number of phenols is 1. The highest BCUT2D eigenvalue weighted by molar-refractivity contribution is 7.90.